The molecular weight excluding hydrogens is 349 g/mol. The van der Waals surface area contributed by atoms with E-state index in [-0.39, 0.29) is 30.3 Å². The first-order chi connectivity index (χ1) is 13.1. The van der Waals surface area contributed by atoms with Gasteiger partial charge in [0, 0.05) is 24.5 Å². The number of benzene rings is 2. The number of carbonyl (C=O) groups excluding carboxylic acids is 2. The molecule has 1 heterocycles. The third kappa shape index (κ3) is 6.07. The third-order valence-corrected chi connectivity index (χ3v) is 4.19. The van der Waals surface area contributed by atoms with E-state index in [1.807, 2.05) is 0 Å². The number of anilines is 2. The van der Waals surface area contributed by atoms with Gasteiger partial charge < -0.3 is 20.7 Å². The molecule has 1 atom stereocenters. The van der Waals surface area contributed by atoms with E-state index in [1.165, 1.54) is 12.1 Å². The molecule has 3 rings (SSSR count). The molecule has 0 unspecified atom stereocenters. The average Bonchev–Trinajstić information content (AvgIpc) is 3.15. The number of hydrogen-bond donors (Lipinski definition) is 3. The standard InChI is InChI=1S/C20H22FN3O3/c21-15-4-1-3-14(11-15)12-19(25)23-16-6-8-17(9-7-16)24-20(26)22-13-18-5-2-10-27-18/h1,3-4,6-9,11,18H,2,5,10,12-13H2,(H,23,25)(H2,22,24,26)/t18-/m1/s1. The van der Waals surface area contributed by atoms with Crippen LogP contribution in [0.25, 0.3) is 0 Å². The van der Waals surface area contributed by atoms with Crippen LogP contribution < -0.4 is 16.0 Å². The van der Waals surface area contributed by atoms with Crippen LogP contribution in [-0.2, 0) is 16.0 Å². The zero-order valence-corrected chi connectivity index (χ0v) is 14.8. The summed E-state index contributed by atoms with van der Waals surface area (Å²) in [4.78, 5) is 23.9. The van der Waals surface area contributed by atoms with Gasteiger partial charge in [0.25, 0.3) is 0 Å². The molecule has 142 valence electrons. The summed E-state index contributed by atoms with van der Waals surface area (Å²) in [6, 6.07) is 12.4. The summed E-state index contributed by atoms with van der Waals surface area (Å²) in [6.45, 7) is 1.24. The van der Waals surface area contributed by atoms with Crippen molar-refractivity contribution in [3.8, 4) is 0 Å². The van der Waals surface area contributed by atoms with Crippen molar-refractivity contribution < 1.29 is 18.7 Å². The Hall–Kier alpha value is -2.93. The van der Waals surface area contributed by atoms with Gasteiger partial charge in [-0.15, -0.1) is 0 Å². The van der Waals surface area contributed by atoms with E-state index < -0.39 is 0 Å². The van der Waals surface area contributed by atoms with Crippen molar-refractivity contribution in [3.63, 3.8) is 0 Å². The molecule has 2 aromatic rings. The zero-order valence-electron chi connectivity index (χ0n) is 14.8. The predicted octanol–water partition coefficient (Wildman–Crippen LogP) is 3.31. The molecule has 0 radical (unpaired) electrons. The van der Waals surface area contributed by atoms with Crippen molar-refractivity contribution in [1.82, 2.24) is 5.32 Å². The molecule has 1 aliphatic heterocycles. The molecule has 6 nitrogen and oxygen atoms in total. The van der Waals surface area contributed by atoms with Crippen LogP contribution >= 0.6 is 0 Å². The number of hydrogen-bond acceptors (Lipinski definition) is 3. The van der Waals surface area contributed by atoms with E-state index in [0.717, 1.165) is 19.4 Å². The summed E-state index contributed by atoms with van der Waals surface area (Å²) >= 11 is 0. The van der Waals surface area contributed by atoms with E-state index >= 15 is 0 Å². The van der Waals surface area contributed by atoms with Crippen molar-refractivity contribution in [2.75, 3.05) is 23.8 Å². The molecular formula is C20H22FN3O3. The van der Waals surface area contributed by atoms with Crippen molar-refractivity contribution in [2.45, 2.75) is 25.4 Å². The van der Waals surface area contributed by atoms with Gasteiger partial charge in [-0.2, -0.15) is 0 Å². The number of ether oxygens (including phenoxy) is 1. The quantitative estimate of drug-likeness (QED) is 0.729. The Bertz CT molecular complexity index is 789. The summed E-state index contributed by atoms with van der Waals surface area (Å²) in [5.41, 5.74) is 1.82. The maximum atomic E-state index is 13.2. The molecule has 0 bridgehead atoms. The minimum Gasteiger partial charge on any atom is -0.376 e. The van der Waals surface area contributed by atoms with Crippen LogP contribution in [0.3, 0.4) is 0 Å². The van der Waals surface area contributed by atoms with Crippen LogP contribution in [0.5, 0.6) is 0 Å². The highest BCUT2D eigenvalue weighted by Crippen LogP contribution is 2.15. The van der Waals surface area contributed by atoms with Gasteiger partial charge in [-0.05, 0) is 54.8 Å². The van der Waals surface area contributed by atoms with Crippen LogP contribution in [0.2, 0.25) is 0 Å². The fourth-order valence-corrected chi connectivity index (χ4v) is 2.86. The number of halogens is 1. The molecule has 2 aromatic carbocycles. The number of nitrogens with one attached hydrogen (secondary N) is 3. The molecule has 0 aliphatic carbocycles. The number of carbonyl (C=O) groups is 2. The lowest BCUT2D eigenvalue weighted by molar-refractivity contribution is -0.115. The van der Waals surface area contributed by atoms with Crippen LogP contribution in [0, 0.1) is 5.82 Å². The van der Waals surface area contributed by atoms with Gasteiger partial charge in [-0.25, -0.2) is 9.18 Å². The van der Waals surface area contributed by atoms with Crippen molar-refractivity contribution in [3.05, 3.63) is 59.9 Å². The highest BCUT2D eigenvalue weighted by atomic mass is 19.1. The Kier molecular flexibility index (Phi) is 6.38. The summed E-state index contributed by atoms with van der Waals surface area (Å²) in [5.74, 6) is -0.607. The van der Waals surface area contributed by atoms with Crippen molar-refractivity contribution >= 4 is 23.3 Å². The SMILES string of the molecule is O=C(Cc1cccc(F)c1)Nc1ccc(NC(=O)NC[C@H]2CCCO2)cc1. The fourth-order valence-electron chi connectivity index (χ4n) is 2.86. The molecule has 27 heavy (non-hydrogen) atoms. The van der Waals surface area contributed by atoms with Crippen molar-refractivity contribution in [2.24, 2.45) is 0 Å². The van der Waals surface area contributed by atoms with Crippen LogP contribution in [0.4, 0.5) is 20.6 Å². The van der Waals surface area contributed by atoms with Gasteiger partial charge in [0.1, 0.15) is 5.82 Å². The Labute approximate surface area is 157 Å². The zero-order chi connectivity index (χ0) is 19.1. The normalized spacial score (nSPS) is 16.0. The average molecular weight is 371 g/mol. The molecule has 0 spiro atoms. The lowest BCUT2D eigenvalue weighted by Gasteiger charge is -2.12. The Morgan fingerprint density at radius 2 is 1.81 bits per heavy atom. The van der Waals surface area contributed by atoms with Crippen LogP contribution in [0.1, 0.15) is 18.4 Å². The lowest BCUT2D eigenvalue weighted by atomic mass is 10.1. The maximum Gasteiger partial charge on any atom is 0.319 e. The van der Waals surface area contributed by atoms with Gasteiger partial charge in [-0.3, -0.25) is 4.79 Å². The fraction of sp³-hybridized carbons (Fsp3) is 0.300. The van der Waals surface area contributed by atoms with Gasteiger partial charge in [0.05, 0.1) is 12.5 Å². The summed E-state index contributed by atoms with van der Waals surface area (Å²) in [5, 5.41) is 8.26. The highest BCUT2D eigenvalue weighted by molar-refractivity contribution is 5.93. The first-order valence-electron chi connectivity index (χ1n) is 8.89. The molecule has 0 saturated carbocycles. The van der Waals surface area contributed by atoms with Gasteiger partial charge in [0.15, 0.2) is 0 Å². The molecule has 1 aliphatic rings. The van der Waals surface area contributed by atoms with Gasteiger partial charge >= 0.3 is 6.03 Å². The van der Waals surface area contributed by atoms with Crippen LogP contribution in [-0.4, -0.2) is 31.2 Å². The lowest BCUT2D eigenvalue weighted by Crippen LogP contribution is -2.35. The van der Waals surface area contributed by atoms with E-state index in [2.05, 4.69) is 16.0 Å². The minimum atomic E-state index is -0.367. The minimum absolute atomic E-state index is 0.0867. The largest absolute Gasteiger partial charge is 0.376 e. The summed E-state index contributed by atoms with van der Waals surface area (Å²) in [6.07, 6.45) is 2.17. The predicted molar refractivity (Wildman–Crippen MR) is 101 cm³/mol. The highest BCUT2D eigenvalue weighted by Gasteiger charge is 2.16. The van der Waals surface area contributed by atoms with Gasteiger partial charge in [-0.1, -0.05) is 12.1 Å². The Morgan fingerprint density at radius 1 is 1.07 bits per heavy atom. The molecule has 3 amide bonds. The van der Waals surface area contributed by atoms with Crippen molar-refractivity contribution in [1.29, 1.82) is 0 Å². The Balaban J connectivity index is 1.45. The van der Waals surface area contributed by atoms with E-state index in [9.17, 15) is 14.0 Å². The maximum absolute atomic E-state index is 13.2. The smallest absolute Gasteiger partial charge is 0.319 e. The summed E-state index contributed by atoms with van der Waals surface area (Å²) < 4.78 is 18.6. The molecule has 3 N–H and O–H groups in total. The third-order valence-electron chi connectivity index (χ3n) is 4.19. The molecule has 7 heteroatoms. The first-order valence-corrected chi connectivity index (χ1v) is 8.89. The second kappa shape index (κ2) is 9.14. The second-order valence-corrected chi connectivity index (χ2v) is 6.40. The van der Waals surface area contributed by atoms with E-state index in [1.54, 1.807) is 36.4 Å². The van der Waals surface area contributed by atoms with Crippen LogP contribution in [0.15, 0.2) is 48.5 Å². The number of rotatable bonds is 6. The molecule has 1 saturated heterocycles. The first kappa shape index (κ1) is 18.8. The van der Waals surface area contributed by atoms with E-state index in [0.29, 0.717) is 23.5 Å². The second-order valence-electron chi connectivity index (χ2n) is 6.40. The molecule has 0 aromatic heterocycles. The summed E-state index contributed by atoms with van der Waals surface area (Å²) in [7, 11) is 0. The van der Waals surface area contributed by atoms with E-state index in [4.69, 9.17) is 4.74 Å². The molecule has 1 fully saturated rings. The number of urea groups is 1. The number of amides is 3. The Morgan fingerprint density at radius 3 is 2.48 bits per heavy atom. The monoisotopic (exact) mass is 371 g/mol. The van der Waals surface area contributed by atoms with Gasteiger partial charge in [0.2, 0.25) is 5.91 Å². The topological polar surface area (TPSA) is 79.5 Å².